The standard InChI is InChI=1S/C13H17F2NO2/c1-8-6-10(12(15)7-11(8)14)13(18)16-5-3-4-9(2)17/h6-7,9,17H,3-5H2,1-2H3,(H,16,18). The van der Waals surface area contributed by atoms with Crippen molar-refractivity contribution in [3.8, 4) is 0 Å². The van der Waals surface area contributed by atoms with Crippen LogP contribution in [0.5, 0.6) is 0 Å². The molecule has 1 unspecified atom stereocenters. The quantitative estimate of drug-likeness (QED) is 0.794. The lowest BCUT2D eigenvalue weighted by Gasteiger charge is -2.08. The first-order valence-electron chi connectivity index (χ1n) is 5.83. The van der Waals surface area contributed by atoms with E-state index in [-0.39, 0.29) is 11.1 Å². The monoisotopic (exact) mass is 257 g/mol. The fraction of sp³-hybridized carbons (Fsp3) is 0.462. The molecule has 0 saturated carbocycles. The molecule has 0 radical (unpaired) electrons. The van der Waals surface area contributed by atoms with Gasteiger partial charge in [0.1, 0.15) is 11.6 Å². The number of hydrogen-bond donors (Lipinski definition) is 2. The number of carbonyl (C=O) groups excluding carboxylic acids is 1. The number of aliphatic hydroxyl groups excluding tert-OH is 1. The Labute approximate surface area is 105 Å². The van der Waals surface area contributed by atoms with Crippen LogP contribution in [0.15, 0.2) is 12.1 Å². The van der Waals surface area contributed by atoms with Crippen molar-refractivity contribution in [2.75, 3.05) is 6.54 Å². The second-order valence-corrected chi connectivity index (χ2v) is 4.33. The van der Waals surface area contributed by atoms with Gasteiger partial charge in [-0.1, -0.05) is 0 Å². The highest BCUT2D eigenvalue weighted by atomic mass is 19.1. The number of aryl methyl sites for hydroxylation is 1. The summed E-state index contributed by atoms with van der Waals surface area (Å²) in [4.78, 5) is 11.6. The van der Waals surface area contributed by atoms with Gasteiger partial charge in [-0.3, -0.25) is 4.79 Å². The van der Waals surface area contributed by atoms with Crippen LogP contribution in [0, 0.1) is 18.6 Å². The molecule has 0 aliphatic heterocycles. The normalized spacial score (nSPS) is 12.3. The summed E-state index contributed by atoms with van der Waals surface area (Å²) in [6.07, 6.45) is 0.739. The molecule has 5 heteroatoms. The number of rotatable bonds is 5. The van der Waals surface area contributed by atoms with E-state index in [0.717, 1.165) is 0 Å². The molecule has 1 atom stereocenters. The average molecular weight is 257 g/mol. The lowest BCUT2D eigenvalue weighted by Crippen LogP contribution is -2.26. The van der Waals surface area contributed by atoms with Crippen molar-refractivity contribution >= 4 is 5.91 Å². The molecule has 1 aromatic carbocycles. The molecular weight excluding hydrogens is 240 g/mol. The molecule has 0 saturated heterocycles. The molecule has 18 heavy (non-hydrogen) atoms. The van der Waals surface area contributed by atoms with Crippen molar-refractivity contribution in [2.45, 2.75) is 32.8 Å². The Bertz CT molecular complexity index is 433. The van der Waals surface area contributed by atoms with Gasteiger partial charge in [0.2, 0.25) is 0 Å². The molecule has 0 aromatic heterocycles. The Kier molecular flexibility index (Phi) is 5.22. The molecule has 1 rings (SSSR count). The summed E-state index contributed by atoms with van der Waals surface area (Å²) >= 11 is 0. The second-order valence-electron chi connectivity index (χ2n) is 4.33. The van der Waals surface area contributed by atoms with Crippen molar-refractivity contribution in [1.29, 1.82) is 0 Å². The summed E-state index contributed by atoms with van der Waals surface area (Å²) in [7, 11) is 0. The molecule has 0 fully saturated rings. The molecule has 0 heterocycles. The predicted molar refractivity (Wildman–Crippen MR) is 64.3 cm³/mol. The van der Waals surface area contributed by atoms with Gasteiger partial charge in [0.15, 0.2) is 0 Å². The van der Waals surface area contributed by atoms with E-state index in [1.54, 1.807) is 6.92 Å². The van der Waals surface area contributed by atoms with Crippen molar-refractivity contribution < 1.29 is 18.7 Å². The van der Waals surface area contributed by atoms with Gasteiger partial charge < -0.3 is 10.4 Å². The van der Waals surface area contributed by atoms with Gasteiger partial charge >= 0.3 is 0 Å². The van der Waals surface area contributed by atoms with Gasteiger partial charge in [0.05, 0.1) is 11.7 Å². The van der Waals surface area contributed by atoms with Gasteiger partial charge in [-0.15, -0.1) is 0 Å². The van der Waals surface area contributed by atoms with Crippen LogP contribution >= 0.6 is 0 Å². The minimum Gasteiger partial charge on any atom is -0.393 e. The van der Waals surface area contributed by atoms with Crippen LogP contribution in [0.25, 0.3) is 0 Å². The maximum Gasteiger partial charge on any atom is 0.254 e. The summed E-state index contributed by atoms with van der Waals surface area (Å²) in [5.41, 5.74) is 0.0662. The summed E-state index contributed by atoms with van der Waals surface area (Å²) < 4.78 is 26.4. The number of benzene rings is 1. The summed E-state index contributed by atoms with van der Waals surface area (Å²) in [6, 6.07) is 1.90. The Hall–Kier alpha value is -1.49. The minimum absolute atomic E-state index is 0.161. The Morgan fingerprint density at radius 1 is 1.39 bits per heavy atom. The highest BCUT2D eigenvalue weighted by Gasteiger charge is 2.14. The molecule has 1 aromatic rings. The molecule has 1 amide bonds. The molecular formula is C13H17F2NO2. The van der Waals surface area contributed by atoms with E-state index in [1.165, 1.54) is 13.0 Å². The largest absolute Gasteiger partial charge is 0.393 e. The topological polar surface area (TPSA) is 49.3 Å². The van der Waals surface area contributed by atoms with Gasteiger partial charge in [-0.05, 0) is 38.3 Å². The van der Waals surface area contributed by atoms with Crippen molar-refractivity contribution in [1.82, 2.24) is 5.32 Å². The van der Waals surface area contributed by atoms with Crippen LogP contribution in [0.3, 0.4) is 0 Å². The minimum atomic E-state index is -0.869. The van der Waals surface area contributed by atoms with Gasteiger partial charge in [0, 0.05) is 12.6 Å². The van der Waals surface area contributed by atoms with E-state index >= 15 is 0 Å². The first-order chi connectivity index (χ1) is 8.41. The number of aliphatic hydroxyl groups is 1. The summed E-state index contributed by atoms with van der Waals surface area (Å²) in [5.74, 6) is -2.11. The summed E-state index contributed by atoms with van der Waals surface area (Å²) in [5, 5.41) is 11.6. The third kappa shape index (κ3) is 4.07. The fourth-order valence-electron chi connectivity index (χ4n) is 1.53. The maximum absolute atomic E-state index is 13.4. The molecule has 3 nitrogen and oxygen atoms in total. The first kappa shape index (κ1) is 14.6. The lowest BCUT2D eigenvalue weighted by molar-refractivity contribution is 0.0945. The molecule has 0 aliphatic rings. The van der Waals surface area contributed by atoms with E-state index in [4.69, 9.17) is 5.11 Å². The molecule has 0 bridgehead atoms. The van der Waals surface area contributed by atoms with Crippen LogP contribution in [0.2, 0.25) is 0 Å². The van der Waals surface area contributed by atoms with Gasteiger partial charge in [0.25, 0.3) is 5.91 Å². The third-order valence-electron chi connectivity index (χ3n) is 2.58. The van der Waals surface area contributed by atoms with Crippen molar-refractivity contribution in [2.24, 2.45) is 0 Å². The van der Waals surface area contributed by atoms with E-state index in [9.17, 15) is 13.6 Å². The van der Waals surface area contributed by atoms with E-state index in [1.807, 2.05) is 0 Å². The van der Waals surface area contributed by atoms with Crippen LogP contribution < -0.4 is 5.32 Å². The maximum atomic E-state index is 13.4. The number of hydrogen-bond acceptors (Lipinski definition) is 2. The number of amides is 1. The van der Waals surface area contributed by atoms with E-state index < -0.39 is 23.6 Å². The number of carbonyl (C=O) groups is 1. The first-order valence-corrected chi connectivity index (χ1v) is 5.83. The zero-order chi connectivity index (χ0) is 13.7. The highest BCUT2D eigenvalue weighted by Crippen LogP contribution is 2.14. The van der Waals surface area contributed by atoms with Crippen LogP contribution in [0.4, 0.5) is 8.78 Å². The summed E-state index contributed by atoms with van der Waals surface area (Å²) in [6.45, 7) is 3.48. The second kappa shape index (κ2) is 6.44. The van der Waals surface area contributed by atoms with Crippen LogP contribution in [0.1, 0.15) is 35.7 Å². The van der Waals surface area contributed by atoms with Crippen LogP contribution in [-0.2, 0) is 0 Å². The Morgan fingerprint density at radius 3 is 2.67 bits per heavy atom. The van der Waals surface area contributed by atoms with E-state index in [0.29, 0.717) is 25.5 Å². The molecule has 100 valence electrons. The zero-order valence-electron chi connectivity index (χ0n) is 10.5. The Balaban J connectivity index is 2.59. The molecule has 2 N–H and O–H groups in total. The Morgan fingerprint density at radius 2 is 2.06 bits per heavy atom. The SMILES string of the molecule is Cc1cc(C(=O)NCCCC(C)O)c(F)cc1F. The van der Waals surface area contributed by atoms with Crippen molar-refractivity contribution in [3.05, 3.63) is 34.9 Å². The fourth-order valence-corrected chi connectivity index (χ4v) is 1.53. The third-order valence-corrected chi connectivity index (χ3v) is 2.58. The van der Waals surface area contributed by atoms with Gasteiger partial charge in [-0.2, -0.15) is 0 Å². The zero-order valence-corrected chi connectivity index (χ0v) is 10.5. The highest BCUT2D eigenvalue weighted by molar-refractivity contribution is 5.94. The average Bonchev–Trinajstić information content (AvgIpc) is 2.28. The number of nitrogens with one attached hydrogen (secondary N) is 1. The van der Waals surface area contributed by atoms with Gasteiger partial charge in [-0.25, -0.2) is 8.78 Å². The number of halogens is 2. The lowest BCUT2D eigenvalue weighted by atomic mass is 10.1. The predicted octanol–water partition coefficient (Wildman–Crippen LogP) is 2.16. The molecule has 0 aliphatic carbocycles. The molecule has 0 spiro atoms. The van der Waals surface area contributed by atoms with Crippen molar-refractivity contribution in [3.63, 3.8) is 0 Å². The smallest absolute Gasteiger partial charge is 0.254 e. The van der Waals surface area contributed by atoms with Crippen LogP contribution in [-0.4, -0.2) is 23.7 Å². The van der Waals surface area contributed by atoms with E-state index in [2.05, 4.69) is 5.32 Å².